The molecular formula is C28H42N4O6. The average Bonchev–Trinajstić information content (AvgIpc) is 3.38. The van der Waals surface area contributed by atoms with E-state index in [9.17, 15) is 24.3 Å². The second-order valence-electron chi connectivity index (χ2n) is 9.73. The van der Waals surface area contributed by atoms with Gasteiger partial charge in [-0.2, -0.15) is 0 Å². The van der Waals surface area contributed by atoms with E-state index in [0.717, 1.165) is 11.3 Å². The summed E-state index contributed by atoms with van der Waals surface area (Å²) in [5.41, 5.74) is 0.961. The van der Waals surface area contributed by atoms with Gasteiger partial charge in [-0.3, -0.25) is 19.2 Å². The zero-order valence-electron chi connectivity index (χ0n) is 22.9. The SMILES string of the molecule is CC1CCCCC1.CCC(CC(NC(=O)CNC(=O)c1cc2c(OC)cccc2[nH]1)C(=O)CO)C(=O)NC. The van der Waals surface area contributed by atoms with Crippen LogP contribution in [0.4, 0.5) is 0 Å². The number of benzene rings is 1. The molecule has 1 aromatic heterocycles. The van der Waals surface area contributed by atoms with Gasteiger partial charge in [-0.1, -0.05) is 52.0 Å². The number of H-pyrrole nitrogens is 1. The zero-order valence-corrected chi connectivity index (χ0v) is 22.9. The van der Waals surface area contributed by atoms with Crippen LogP contribution in [0.3, 0.4) is 0 Å². The van der Waals surface area contributed by atoms with Crippen LogP contribution >= 0.6 is 0 Å². The minimum Gasteiger partial charge on any atom is -0.496 e. The quantitative estimate of drug-likeness (QED) is 0.302. The number of hydrogen-bond acceptors (Lipinski definition) is 6. The van der Waals surface area contributed by atoms with E-state index >= 15 is 0 Å². The second kappa shape index (κ2) is 15.8. The third-order valence-corrected chi connectivity index (χ3v) is 6.90. The second-order valence-corrected chi connectivity index (χ2v) is 9.73. The van der Waals surface area contributed by atoms with Gasteiger partial charge in [0, 0.05) is 23.9 Å². The standard InChI is InChI=1S/C21H28N4O6.C7H14/c1-4-12(20(29)22-2)8-15(17(27)11-26)25-19(28)10-23-21(30)16-9-13-14(24-16)6-5-7-18(13)31-3;1-7-5-3-2-4-6-7/h5-7,9,12,15,24,26H,4,8,10-11H2,1-3H3,(H,22,29)(H,23,30)(H,25,28);7H,2-6H2,1H3. The van der Waals surface area contributed by atoms with Crippen molar-refractivity contribution in [2.75, 3.05) is 27.3 Å². The number of ketones is 1. The molecule has 10 heteroatoms. The number of fused-ring (bicyclic) bond motifs is 1. The number of rotatable bonds is 11. The molecule has 1 aliphatic rings. The topological polar surface area (TPSA) is 150 Å². The molecule has 2 aromatic rings. The van der Waals surface area contributed by atoms with Crippen LogP contribution in [-0.4, -0.2) is 66.9 Å². The summed E-state index contributed by atoms with van der Waals surface area (Å²) in [7, 11) is 3.02. The van der Waals surface area contributed by atoms with E-state index in [1.54, 1.807) is 31.2 Å². The van der Waals surface area contributed by atoms with Gasteiger partial charge < -0.3 is 30.8 Å². The first-order valence-corrected chi connectivity index (χ1v) is 13.3. The summed E-state index contributed by atoms with van der Waals surface area (Å²) in [6, 6.07) is 5.94. The highest BCUT2D eigenvalue weighted by Crippen LogP contribution is 2.26. The van der Waals surface area contributed by atoms with E-state index < -0.39 is 36.2 Å². The fourth-order valence-corrected chi connectivity index (χ4v) is 4.56. The van der Waals surface area contributed by atoms with Crippen molar-refractivity contribution in [1.82, 2.24) is 20.9 Å². The molecule has 1 aromatic carbocycles. The maximum absolute atomic E-state index is 12.4. The van der Waals surface area contributed by atoms with Gasteiger partial charge in [-0.15, -0.1) is 0 Å². The van der Waals surface area contributed by atoms with E-state index in [1.165, 1.54) is 46.3 Å². The minimum absolute atomic E-state index is 0.0526. The third-order valence-electron chi connectivity index (χ3n) is 6.90. The number of aromatic nitrogens is 1. The summed E-state index contributed by atoms with van der Waals surface area (Å²) in [4.78, 5) is 51.6. The molecule has 1 heterocycles. The molecule has 38 heavy (non-hydrogen) atoms. The maximum atomic E-state index is 12.4. The van der Waals surface area contributed by atoms with Crippen molar-refractivity contribution in [3.63, 3.8) is 0 Å². The number of hydrogen-bond donors (Lipinski definition) is 5. The average molecular weight is 531 g/mol. The number of carbonyl (C=O) groups is 4. The van der Waals surface area contributed by atoms with Crippen molar-refractivity contribution >= 4 is 34.4 Å². The van der Waals surface area contributed by atoms with Gasteiger partial charge in [-0.25, -0.2) is 0 Å². The van der Waals surface area contributed by atoms with Crippen molar-refractivity contribution < 1.29 is 29.0 Å². The number of carbonyl (C=O) groups excluding carboxylic acids is 4. The molecule has 1 fully saturated rings. The minimum atomic E-state index is -1.03. The van der Waals surface area contributed by atoms with E-state index in [2.05, 4.69) is 27.9 Å². The molecule has 3 amide bonds. The fraction of sp³-hybridized carbons (Fsp3) is 0.571. The van der Waals surface area contributed by atoms with Crippen LogP contribution in [0.15, 0.2) is 24.3 Å². The van der Waals surface area contributed by atoms with Gasteiger partial charge in [0.05, 0.1) is 19.7 Å². The predicted octanol–water partition coefficient (Wildman–Crippen LogP) is 2.70. The van der Waals surface area contributed by atoms with Crippen molar-refractivity contribution in [2.24, 2.45) is 11.8 Å². The summed E-state index contributed by atoms with van der Waals surface area (Å²) < 4.78 is 5.26. The summed E-state index contributed by atoms with van der Waals surface area (Å²) >= 11 is 0. The van der Waals surface area contributed by atoms with Gasteiger partial charge in [0.2, 0.25) is 11.8 Å². The summed E-state index contributed by atoms with van der Waals surface area (Å²) in [5.74, 6) is -0.830. The lowest BCUT2D eigenvalue weighted by molar-refractivity contribution is -0.131. The van der Waals surface area contributed by atoms with Gasteiger partial charge in [-0.05, 0) is 37.0 Å². The number of aliphatic hydroxyl groups is 1. The van der Waals surface area contributed by atoms with Crippen LogP contribution < -0.4 is 20.7 Å². The van der Waals surface area contributed by atoms with E-state index in [0.29, 0.717) is 17.7 Å². The monoisotopic (exact) mass is 530 g/mol. The molecule has 0 saturated heterocycles. The Labute approximate surface area is 224 Å². The lowest BCUT2D eigenvalue weighted by atomic mass is 9.91. The first-order valence-electron chi connectivity index (χ1n) is 13.3. The number of aliphatic hydroxyl groups excluding tert-OH is 1. The Morgan fingerprint density at radius 3 is 2.42 bits per heavy atom. The Balaban J connectivity index is 0.000000624. The molecule has 0 bridgehead atoms. The van der Waals surface area contributed by atoms with Gasteiger partial charge in [0.1, 0.15) is 18.1 Å². The number of amides is 3. The largest absolute Gasteiger partial charge is 0.496 e. The van der Waals surface area contributed by atoms with Crippen LogP contribution in [0, 0.1) is 11.8 Å². The predicted molar refractivity (Wildman–Crippen MR) is 146 cm³/mol. The zero-order chi connectivity index (χ0) is 28.1. The number of Topliss-reactive ketones (excluding diaryl/α,β-unsaturated/α-hetero) is 1. The lowest BCUT2D eigenvalue weighted by Gasteiger charge is -2.21. The number of aromatic amines is 1. The molecule has 0 radical (unpaired) electrons. The third kappa shape index (κ3) is 9.16. The maximum Gasteiger partial charge on any atom is 0.268 e. The van der Waals surface area contributed by atoms with E-state index in [1.807, 2.05) is 0 Å². The Hall–Kier alpha value is -3.40. The van der Waals surface area contributed by atoms with Crippen LogP contribution in [-0.2, 0) is 14.4 Å². The molecule has 210 valence electrons. The molecule has 0 spiro atoms. The highest BCUT2D eigenvalue weighted by molar-refractivity contribution is 6.01. The first-order chi connectivity index (χ1) is 18.2. The van der Waals surface area contributed by atoms with Gasteiger partial charge >= 0.3 is 0 Å². The van der Waals surface area contributed by atoms with Crippen molar-refractivity contribution in [3.8, 4) is 5.75 Å². The van der Waals surface area contributed by atoms with Crippen LogP contribution in [0.5, 0.6) is 5.75 Å². The summed E-state index contributed by atoms with van der Waals surface area (Å²) in [6.45, 7) is 3.01. The highest BCUT2D eigenvalue weighted by Gasteiger charge is 2.27. The fourth-order valence-electron chi connectivity index (χ4n) is 4.56. The molecule has 0 aliphatic heterocycles. The number of nitrogens with one attached hydrogen (secondary N) is 4. The van der Waals surface area contributed by atoms with Crippen molar-refractivity contribution in [1.29, 1.82) is 0 Å². The van der Waals surface area contributed by atoms with Crippen molar-refractivity contribution in [3.05, 3.63) is 30.0 Å². The normalized spacial score (nSPS) is 15.0. The molecule has 1 saturated carbocycles. The molecular weight excluding hydrogens is 488 g/mol. The summed E-state index contributed by atoms with van der Waals surface area (Å²) in [6.07, 6.45) is 7.95. The Bertz CT molecular complexity index is 1080. The molecule has 10 nitrogen and oxygen atoms in total. The van der Waals surface area contributed by atoms with Crippen LogP contribution in [0.2, 0.25) is 0 Å². The first kappa shape index (κ1) is 30.8. The van der Waals surface area contributed by atoms with Crippen LogP contribution in [0.25, 0.3) is 10.9 Å². The number of methoxy groups -OCH3 is 1. The Morgan fingerprint density at radius 1 is 1.16 bits per heavy atom. The van der Waals surface area contributed by atoms with Crippen molar-refractivity contribution in [2.45, 2.75) is 64.8 Å². The van der Waals surface area contributed by atoms with E-state index in [4.69, 9.17) is 4.74 Å². The van der Waals surface area contributed by atoms with Gasteiger partial charge in [0.15, 0.2) is 5.78 Å². The molecule has 1 aliphatic carbocycles. The lowest BCUT2D eigenvalue weighted by Crippen LogP contribution is -2.48. The van der Waals surface area contributed by atoms with E-state index in [-0.39, 0.29) is 24.6 Å². The Morgan fingerprint density at radius 2 is 1.87 bits per heavy atom. The summed E-state index contributed by atoms with van der Waals surface area (Å²) in [5, 5.41) is 17.4. The molecule has 3 rings (SSSR count). The number of ether oxygens (including phenoxy) is 1. The Kier molecular flexibility index (Phi) is 12.8. The highest BCUT2D eigenvalue weighted by atomic mass is 16.5. The smallest absolute Gasteiger partial charge is 0.268 e. The van der Waals surface area contributed by atoms with Crippen LogP contribution in [0.1, 0.15) is 69.3 Å². The van der Waals surface area contributed by atoms with Gasteiger partial charge in [0.25, 0.3) is 5.91 Å². The molecule has 2 atom stereocenters. The molecule has 2 unspecified atom stereocenters. The molecule has 5 N–H and O–H groups in total.